The van der Waals surface area contributed by atoms with Gasteiger partial charge in [0.25, 0.3) is 0 Å². The zero-order valence-corrected chi connectivity index (χ0v) is 50.1. The molecule has 78 heavy (non-hydrogen) atoms. The van der Waals surface area contributed by atoms with Crippen molar-refractivity contribution in [2.45, 2.75) is 59.9 Å². The summed E-state index contributed by atoms with van der Waals surface area (Å²) in [6, 6.07) is 14.5. The van der Waals surface area contributed by atoms with E-state index < -0.39 is 0 Å². The van der Waals surface area contributed by atoms with Gasteiger partial charge in [0.15, 0.2) is 32.9 Å². The zero-order chi connectivity index (χ0) is 55.4. The van der Waals surface area contributed by atoms with E-state index in [1.54, 1.807) is 84.4 Å². The SMILES string of the molecule is Cc1ncc(Sc2cc(N)nc(Cl)c2Cl)c2nccn12.Cc1ncc(Sc2cccc(Cl)c2Cl)c2nccn12.Cc1ncc(Sc2cccc(Cl)c2Cl)c2nccn12.Nc1cc(Sc2cnc(Cl)n3ccnc23)c(Cl)c(Cl)n1. The van der Waals surface area contributed by atoms with E-state index >= 15 is 0 Å². The molecule has 0 atom stereocenters. The number of rotatable bonds is 8. The second kappa shape index (κ2) is 25.5. The number of benzene rings is 2. The minimum absolute atomic E-state index is 0.162. The van der Waals surface area contributed by atoms with Crippen LogP contribution in [0, 0.1) is 20.8 Å². The second-order valence-electron chi connectivity index (χ2n) is 15.7. The Kier molecular flexibility index (Phi) is 18.8. The van der Waals surface area contributed by atoms with Crippen LogP contribution in [0.3, 0.4) is 0 Å². The van der Waals surface area contributed by atoms with Crippen LogP contribution in [0.1, 0.15) is 17.5 Å². The molecule has 29 heteroatoms. The van der Waals surface area contributed by atoms with Crippen molar-refractivity contribution in [2.24, 2.45) is 0 Å². The smallest absolute Gasteiger partial charge is 0.208 e. The number of aromatic nitrogens is 14. The molecule has 0 radical (unpaired) electrons. The number of nitrogens with zero attached hydrogens (tertiary/aromatic N) is 14. The maximum atomic E-state index is 6.20. The third kappa shape index (κ3) is 13.0. The van der Waals surface area contributed by atoms with Crippen LogP contribution < -0.4 is 11.5 Å². The van der Waals surface area contributed by atoms with Crippen molar-refractivity contribution in [3.05, 3.63) is 186 Å². The lowest BCUT2D eigenvalue weighted by Crippen LogP contribution is -1.96. The molecule has 0 fully saturated rings. The van der Waals surface area contributed by atoms with Crippen LogP contribution in [-0.2, 0) is 0 Å². The highest BCUT2D eigenvalue weighted by atomic mass is 35.5. The van der Waals surface area contributed by atoms with Crippen LogP contribution in [0.25, 0.3) is 22.6 Å². The third-order valence-corrected chi connectivity index (χ3v) is 18.7. The van der Waals surface area contributed by atoms with Crippen molar-refractivity contribution < 1.29 is 0 Å². The Balaban J connectivity index is 0.000000126. The van der Waals surface area contributed by atoms with Crippen molar-refractivity contribution >= 4 is 186 Å². The van der Waals surface area contributed by atoms with Gasteiger partial charge in [-0.15, -0.1) is 0 Å². The van der Waals surface area contributed by atoms with Gasteiger partial charge in [0, 0.05) is 93.9 Å². The highest BCUT2D eigenvalue weighted by molar-refractivity contribution is 8.00. The van der Waals surface area contributed by atoms with E-state index in [9.17, 15) is 0 Å². The van der Waals surface area contributed by atoms with Crippen molar-refractivity contribution in [3.63, 3.8) is 0 Å². The van der Waals surface area contributed by atoms with E-state index in [2.05, 4.69) is 49.8 Å². The molecule has 0 aliphatic heterocycles. The van der Waals surface area contributed by atoms with Crippen LogP contribution in [-0.4, -0.2) is 67.4 Å². The van der Waals surface area contributed by atoms with E-state index in [1.165, 1.54) is 47.0 Å². The van der Waals surface area contributed by atoms with E-state index in [4.69, 9.17) is 116 Å². The van der Waals surface area contributed by atoms with E-state index in [0.29, 0.717) is 57.6 Å². The third-order valence-electron chi connectivity index (χ3n) is 10.6. The van der Waals surface area contributed by atoms with E-state index in [-0.39, 0.29) is 10.3 Å². The second-order valence-corrected chi connectivity index (χ2v) is 23.4. The lowest BCUT2D eigenvalue weighted by molar-refractivity contribution is 0.959. The Morgan fingerprint density at radius 2 is 0.692 bits per heavy atom. The number of nitrogen functional groups attached to an aromatic ring is 2. The molecule has 16 nitrogen and oxygen atoms in total. The zero-order valence-electron chi connectivity index (χ0n) is 40.0. The fraction of sp³-hybridized carbons (Fsp3) is 0.0612. The number of hydrogen-bond donors (Lipinski definition) is 2. The van der Waals surface area contributed by atoms with Crippen molar-refractivity contribution in [1.29, 1.82) is 0 Å². The monoisotopic (exact) mass is 1290 g/mol. The molecule has 0 unspecified atom stereocenters. The average molecular weight is 1290 g/mol. The molecule has 0 saturated carbocycles. The van der Waals surface area contributed by atoms with Crippen molar-refractivity contribution in [3.8, 4) is 0 Å². The summed E-state index contributed by atoms with van der Waals surface area (Å²) in [5.74, 6) is 3.27. The van der Waals surface area contributed by atoms with Crippen LogP contribution in [0.5, 0.6) is 0 Å². The lowest BCUT2D eigenvalue weighted by Gasteiger charge is -2.08. The minimum Gasteiger partial charge on any atom is -0.384 e. The maximum absolute atomic E-state index is 6.20. The molecule has 4 N–H and O–H groups in total. The quantitative estimate of drug-likeness (QED) is 0.107. The first-order valence-electron chi connectivity index (χ1n) is 22.1. The van der Waals surface area contributed by atoms with Crippen LogP contribution in [0.4, 0.5) is 11.6 Å². The van der Waals surface area contributed by atoms with Gasteiger partial charge < -0.3 is 11.5 Å². The standard InChI is InChI=1S/2C13H9Cl2N3S.C12H9Cl2N5S.C11H6Cl3N5S/c2*1-8-17-7-11(13-16-5-6-18(8)13)19-10-4-2-3-9(14)12(10)15;1-6-17-5-8(12-16-2-3-19(6)12)20-7-4-9(15)18-11(14)10(7)13;12-8-5(3-7(15)18-9(8)13)20-6-4-17-11(14)19-2-1-16-10(6)19/h2*2-7H,1H3;2-5H,1H3,(H2,15,18);1-4H,(H2,15,18). The number of hydrogen-bond acceptors (Lipinski definition) is 16. The number of pyridine rings is 2. The summed E-state index contributed by atoms with van der Waals surface area (Å²) < 4.78 is 7.47. The molecule has 12 aromatic rings. The van der Waals surface area contributed by atoms with Crippen molar-refractivity contribution in [1.82, 2.24) is 67.4 Å². The molecule has 0 saturated heterocycles. The number of nitrogens with two attached hydrogens (primary N) is 2. The van der Waals surface area contributed by atoms with Gasteiger partial charge in [0.05, 0.1) is 49.7 Å². The van der Waals surface area contributed by atoms with Crippen LogP contribution in [0.2, 0.25) is 45.7 Å². The number of halogens is 9. The van der Waals surface area contributed by atoms with Crippen LogP contribution >= 0.6 is 151 Å². The molecule has 0 bridgehead atoms. The Morgan fingerprint density at radius 3 is 1.06 bits per heavy atom. The predicted molar refractivity (Wildman–Crippen MR) is 318 cm³/mol. The summed E-state index contributed by atoms with van der Waals surface area (Å²) in [6.45, 7) is 5.79. The Labute approximate surface area is 506 Å². The highest BCUT2D eigenvalue weighted by Crippen LogP contribution is 2.42. The molecular formula is C49H33Cl9N16S4. The molecule has 0 amide bonds. The first-order chi connectivity index (χ1) is 37.4. The van der Waals surface area contributed by atoms with Gasteiger partial charge in [-0.2, -0.15) is 0 Å². The number of anilines is 2. The Hall–Kier alpha value is -5.17. The minimum atomic E-state index is 0.162. The largest absolute Gasteiger partial charge is 0.384 e. The summed E-state index contributed by atoms with van der Waals surface area (Å²) in [5, 5.41) is 3.60. The number of fused-ring (bicyclic) bond motifs is 4. The van der Waals surface area contributed by atoms with Gasteiger partial charge in [0.1, 0.15) is 29.1 Å². The summed E-state index contributed by atoms with van der Waals surface area (Å²) >= 11 is 60.3. The summed E-state index contributed by atoms with van der Waals surface area (Å²) in [6.07, 6.45) is 21.2. The van der Waals surface area contributed by atoms with Gasteiger partial charge in [0.2, 0.25) is 5.28 Å². The number of imidazole rings is 4. The molecule has 12 rings (SSSR count). The highest BCUT2D eigenvalue weighted by Gasteiger charge is 2.17. The van der Waals surface area contributed by atoms with Gasteiger partial charge in [-0.3, -0.25) is 17.6 Å². The Morgan fingerprint density at radius 1 is 0.372 bits per heavy atom. The van der Waals surface area contributed by atoms with Gasteiger partial charge in [-0.25, -0.2) is 49.8 Å². The molecule has 0 aliphatic rings. The summed E-state index contributed by atoms with van der Waals surface area (Å²) in [4.78, 5) is 48.9. The van der Waals surface area contributed by atoms with E-state index in [0.717, 1.165) is 68.7 Å². The first kappa shape index (κ1) is 57.5. The molecule has 0 aliphatic carbocycles. The van der Waals surface area contributed by atoms with Crippen LogP contribution in [0.15, 0.2) is 162 Å². The Bertz CT molecular complexity index is 3910. The summed E-state index contributed by atoms with van der Waals surface area (Å²) in [7, 11) is 0. The first-order valence-corrected chi connectivity index (χ1v) is 28.8. The molecule has 2 aromatic carbocycles. The lowest BCUT2D eigenvalue weighted by atomic mass is 10.4. The summed E-state index contributed by atoms with van der Waals surface area (Å²) in [5.41, 5.74) is 14.6. The van der Waals surface area contributed by atoms with Crippen molar-refractivity contribution in [2.75, 3.05) is 11.5 Å². The number of aryl methyl sites for hydroxylation is 3. The fourth-order valence-corrected chi connectivity index (χ4v) is 12.8. The average Bonchev–Trinajstić information content (AvgIpc) is 4.30. The topological polar surface area (TPSA) is 199 Å². The maximum Gasteiger partial charge on any atom is 0.208 e. The molecule has 10 aromatic heterocycles. The van der Waals surface area contributed by atoms with E-state index in [1.807, 2.05) is 76.8 Å². The molecule has 396 valence electrons. The molecule has 0 spiro atoms. The predicted octanol–water partition coefficient (Wildman–Crippen LogP) is 16.3. The molecular weight excluding hydrogens is 1260 g/mol. The fourth-order valence-electron chi connectivity index (χ4n) is 6.95. The molecule has 10 heterocycles. The van der Waals surface area contributed by atoms with Gasteiger partial charge >= 0.3 is 0 Å². The normalized spacial score (nSPS) is 11.1. The van der Waals surface area contributed by atoms with Gasteiger partial charge in [-0.1, -0.05) is 152 Å². The van der Waals surface area contributed by atoms with Gasteiger partial charge in [-0.05, 0) is 68.8 Å².